The summed E-state index contributed by atoms with van der Waals surface area (Å²) in [7, 11) is 0. The lowest BCUT2D eigenvalue weighted by atomic mass is 10.3. The third-order valence-electron chi connectivity index (χ3n) is 2.73. The van der Waals surface area contributed by atoms with E-state index >= 15 is 0 Å². The molecule has 0 saturated carbocycles. The molecular formula is C15H18N2O3S. The Hall–Kier alpha value is -1.95. The third kappa shape index (κ3) is 5.15. The number of rotatable bonds is 8. The molecule has 1 aromatic heterocycles. The minimum absolute atomic E-state index is 0.0473. The van der Waals surface area contributed by atoms with Gasteiger partial charge in [0.15, 0.2) is 0 Å². The van der Waals surface area contributed by atoms with Crippen molar-refractivity contribution in [1.29, 1.82) is 0 Å². The number of aryl methyl sites for hydroxylation is 2. The Labute approximate surface area is 127 Å². The van der Waals surface area contributed by atoms with Gasteiger partial charge < -0.3 is 9.84 Å². The molecule has 2 aromatic rings. The van der Waals surface area contributed by atoms with Crippen molar-refractivity contribution in [2.24, 2.45) is 0 Å². The summed E-state index contributed by atoms with van der Waals surface area (Å²) in [5.74, 6) is 0.0819. The van der Waals surface area contributed by atoms with Gasteiger partial charge in [-0.25, -0.2) is 0 Å². The van der Waals surface area contributed by atoms with Crippen molar-refractivity contribution >= 4 is 17.7 Å². The van der Waals surface area contributed by atoms with Gasteiger partial charge in [-0.2, -0.15) is 5.10 Å². The van der Waals surface area contributed by atoms with Crippen LogP contribution in [-0.2, 0) is 11.3 Å². The molecule has 0 saturated heterocycles. The van der Waals surface area contributed by atoms with Gasteiger partial charge in [0.2, 0.25) is 0 Å². The molecule has 0 aliphatic heterocycles. The summed E-state index contributed by atoms with van der Waals surface area (Å²) in [5, 5.41) is 14.0. The van der Waals surface area contributed by atoms with Gasteiger partial charge in [-0.15, -0.1) is 0 Å². The molecule has 0 aliphatic rings. The summed E-state index contributed by atoms with van der Waals surface area (Å²) < 4.78 is 7.48. The van der Waals surface area contributed by atoms with Crippen LogP contribution in [0.1, 0.15) is 12.1 Å². The summed E-state index contributed by atoms with van der Waals surface area (Å²) >= 11 is 1.29. The van der Waals surface area contributed by atoms with E-state index in [1.807, 2.05) is 48.0 Å². The monoisotopic (exact) mass is 306 g/mol. The summed E-state index contributed by atoms with van der Waals surface area (Å²) in [4.78, 5) is 10.6. The zero-order chi connectivity index (χ0) is 15.1. The SMILES string of the molecule is Cc1cc(SCC(=O)O)n(CCCOc2ccccc2)n1. The second-order valence-electron chi connectivity index (χ2n) is 4.54. The summed E-state index contributed by atoms with van der Waals surface area (Å²) in [6.07, 6.45) is 0.816. The highest BCUT2D eigenvalue weighted by atomic mass is 32.2. The Morgan fingerprint density at radius 2 is 2.14 bits per heavy atom. The van der Waals surface area contributed by atoms with Crippen LogP contribution >= 0.6 is 11.8 Å². The molecule has 0 radical (unpaired) electrons. The number of benzene rings is 1. The Bertz CT molecular complexity index is 584. The molecule has 0 bridgehead atoms. The van der Waals surface area contributed by atoms with Crippen molar-refractivity contribution in [2.75, 3.05) is 12.4 Å². The predicted octanol–water partition coefficient (Wildman–Crippen LogP) is 2.84. The van der Waals surface area contributed by atoms with Crippen LogP contribution < -0.4 is 4.74 Å². The highest BCUT2D eigenvalue weighted by Crippen LogP contribution is 2.19. The average Bonchev–Trinajstić information content (AvgIpc) is 2.83. The van der Waals surface area contributed by atoms with Crippen LogP contribution in [0.2, 0.25) is 0 Å². The van der Waals surface area contributed by atoms with Crippen LogP contribution in [0, 0.1) is 6.92 Å². The van der Waals surface area contributed by atoms with Crippen molar-refractivity contribution in [3.8, 4) is 5.75 Å². The molecule has 0 atom stereocenters. The number of nitrogens with zero attached hydrogens (tertiary/aromatic N) is 2. The lowest BCUT2D eigenvalue weighted by Crippen LogP contribution is -2.08. The lowest BCUT2D eigenvalue weighted by molar-refractivity contribution is -0.133. The first-order valence-corrected chi connectivity index (χ1v) is 7.70. The number of ether oxygens (including phenoxy) is 1. The minimum Gasteiger partial charge on any atom is -0.494 e. The topological polar surface area (TPSA) is 64.3 Å². The first kappa shape index (κ1) is 15.4. The first-order chi connectivity index (χ1) is 10.1. The lowest BCUT2D eigenvalue weighted by Gasteiger charge is -2.08. The highest BCUT2D eigenvalue weighted by Gasteiger charge is 2.08. The van der Waals surface area contributed by atoms with Crippen molar-refractivity contribution in [2.45, 2.75) is 24.9 Å². The van der Waals surface area contributed by atoms with Gasteiger partial charge in [0.1, 0.15) is 5.75 Å². The van der Waals surface area contributed by atoms with Crippen molar-refractivity contribution in [3.05, 3.63) is 42.1 Å². The molecule has 2 rings (SSSR count). The van der Waals surface area contributed by atoms with Crippen LogP contribution in [-0.4, -0.2) is 33.2 Å². The predicted molar refractivity (Wildman–Crippen MR) is 81.9 cm³/mol. The maximum atomic E-state index is 10.6. The molecule has 0 spiro atoms. The van der Waals surface area contributed by atoms with E-state index in [2.05, 4.69) is 5.10 Å². The summed E-state index contributed by atoms with van der Waals surface area (Å²) in [6.45, 7) is 3.22. The molecule has 0 unspecified atom stereocenters. The third-order valence-corrected chi connectivity index (χ3v) is 3.75. The van der Waals surface area contributed by atoms with Gasteiger partial charge in [0.05, 0.1) is 23.1 Å². The van der Waals surface area contributed by atoms with Crippen LogP contribution in [0.4, 0.5) is 0 Å². The van der Waals surface area contributed by atoms with E-state index < -0.39 is 5.97 Å². The van der Waals surface area contributed by atoms with E-state index in [1.54, 1.807) is 0 Å². The summed E-state index contributed by atoms with van der Waals surface area (Å²) in [6, 6.07) is 11.6. The van der Waals surface area contributed by atoms with Crippen molar-refractivity contribution in [3.63, 3.8) is 0 Å². The fraction of sp³-hybridized carbons (Fsp3) is 0.333. The number of aromatic nitrogens is 2. The molecular weight excluding hydrogens is 288 g/mol. The average molecular weight is 306 g/mol. The van der Waals surface area contributed by atoms with Gasteiger partial charge >= 0.3 is 5.97 Å². The molecule has 6 heteroatoms. The molecule has 0 amide bonds. The second-order valence-corrected chi connectivity index (χ2v) is 5.54. The van der Waals surface area contributed by atoms with E-state index in [0.29, 0.717) is 13.2 Å². The van der Waals surface area contributed by atoms with Gasteiger partial charge in [0.25, 0.3) is 0 Å². The van der Waals surface area contributed by atoms with Gasteiger partial charge in [-0.1, -0.05) is 30.0 Å². The van der Waals surface area contributed by atoms with Gasteiger partial charge in [-0.3, -0.25) is 9.48 Å². The Kier molecular flexibility index (Phi) is 5.68. The standard InChI is InChI=1S/C15H18N2O3S/c1-12-10-14(21-11-15(18)19)17(16-12)8-5-9-20-13-6-3-2-4-7-13/h2-4,6-7,10H,5,8-9,11H2,1H3,(H,18,19). The fourth-order valence-corrected chi connectivity index (χ4v) is 2.66. The smallest absolute Gasteiger partial charge is 0.313 e. The number of para-hydroxylation sites is 1. The summed E-state index contributed by atoms with van der Waals surface area (Å²) in [5.41, 5.74) is 0.895. The number of aliphatic carboxylic acids is 1. The molecule has 21 heavy (non-hydrogen) atoms. The Morgan fingerprint density at radius 3 is 2.86 bits per heavy atom. The van der Waals surface area contributed by atoms with Crippen molar-refractivity contribution < 1.29 is 14.6 Å². The van der Waals surface area contributed by atoms with Crippen molar-refractivity contribution in [1.82, 2.24) is 9.78 Å². The molecule has 1 aromatic carbocycles. The molecule has 5 nitrogen and oxygen atoms in total. The van der Waals surface area contributed by atoms with E-state index in [1.165, 1.54) is 11.8 Å². The quantitative estimate of drug-likeness (QED) is 0.600. The number of hydrogen-bond acceptors (Lipinski definition) is 4. The molecule has 0 fully saturated rings. The van der Waals surface area contributed by atoms with Crippen LogP contribution in [0.3, 0.4) is 0 Å². The van der Waals surface area contributed by atoms with Crippen LogP contribution in [0.15, 0.2) is 41.4 Å². The zero-order valence-electron chi connectivity index (χ0n) is 11.9. The number of carboxylic acid groups (broad SMARTS) is 1. The fourth-order valence-electron chi connectivity index (χ4n) is 1.85. The molecule has 112 valence electrons. The van der Waals surface area contributed by atoms with Crippen LogP contribution in [0.5, 0.6) is 5.75 Å². The maximum Gasteiger partial charge on any atom is 0.313 e. The molecule has 1 N–H and O–H groups in total. The Balaban J connectivity index is 1.81. The van der Waals surface area contributed by atoms with Gasteiger partial charge in [-0.05, 0) is 25.1 Å². The maximum absolute atomic E-state index is 10.6. The van der Waals surface area contributed by atoms with E-state index in [-0.39, 0.29) is 5.75 Å². The molecule has 0 aliphatic carbocycles. The van der Waals surface area contributed by atoms with E-state index in [0.717, 1.165) is 22.9 Å². The van der Waals surface area contributed by atoms with E-state index in [9.17, 15) is 4.79 Å². The highest BCUT2D eigenvalue weighted by molar-refractivity contribution is 7.99. The minimum atomic E-state index is -0.821. The Morgan fingerprint density at radius 1 is 1.38 bits per heavy atom. The number of hydrogen-bond donors (Lipinski definition) is 1. The van der Waals surface area contributed by atoms with E-state index in [4.69, 9.17) is 9.84 Å². The van der Waals surface area contributed by atoms with Crippen LogP contribution in [0.25, 0.3) is 0 Å². The normalized spacial score (nSPS) is 10.5. The first-order valence-electron chi connectivity index (χ1n) is 6.72. The molecule has 1 heterocycles. The number of thioether (sulfide) groups is 1. The zero-order valence-corrected chi connectivity index (χ0v) is 12.7. The number of carbonyl (C=O) groups is 1. The number of carboxylic acids is 1. The second kappa shape index (κ2) is 7.73. The largest absolute Gasteiger partial charge is 0.494 e. The van der Waals surface area contributed by atoms with Gasteiger partial charge in [0, 0.05) is 13.0 Å².